The van der Waals surface area contributed by atoms with Gasteiger partial charge in [-0.25, -0.2) is 0 Å². The van der Waals surface area contributed by atoms with Crippen molar-refractivity contribution in [2.24, 2.45) is 23.7 Å². The molecule has 0 N–H and O–H groups in total. The fraction of sp³-hybridized carbons (Fsp3) is 0.541. The van der Waals surface area contributed by atoms with E-state index >= 15 is 0 Å². The highest BCUT2D eigenvalue weighted by Gasteiger charge is 2.20. The number of hydrogen-bond acceptors (Lipinski definition) is 0. The van der Waals surface area contributed by atoms with E-state index in [9.17, 15) is 0 Å². The van der Waals surface area contributed by atoms with Gasteiger partial charge >= 0.3 is 0 Å². The minimum Gasteiger partial charge on any atom is -0.0945 e. The Morgan fingerprint density at radius 3 is 1.03 bits per heavy atom. The first-order valence-corrected chi connectivity index (χ1v) is 25.5. The standard InChI is InChI=1S/C31H42.C30H40/c1-3-5-7-9-11-27-18-22-30(23-19-27)31-24-20-29(21-25-31)17-16-28-14-12-26(13-15-28)10-8-6-4-2;1-3-5-7-8-10-26-17-21-29(22-18-26)30-23-19-28(20-24-30)16-15-27-13-11-25(12-14-27)9-6-4-2/h18-26,28H,3-15H2,1-2H3;17-25,27H,3-14H2,1-2H3/t26-,28-;25-,27-. The van der Waals surface area contributed by atoms with Gasteiger partial charge < -0.3 is 0 Å². The van der Waals surface area contributed by atoms with Crippen molar-refractivity contribution in [2.75, 3.05) is 0 Å². The first kappa shape index (κ1) is 48.0. The van der Waals surface area contributed by atoms with Gasteiger partial charge in [0.1, 0.15) is 0 Å². The molecular formula is C61H82. The average Bonchev–Trinajstić information content (AvgIpc) is 3.31. The zero-order chi connectivity index (χ0) is 42.7. The maximum atomic E-state index is 3.57. The van der Waals surface area contributed by atoms with Crippen molar-refractivity contribution in [3.05, 3.63) is 119 Å². The molecule has 0 amide bonds. The molecular weight excluding hydrogens is 733 g/mol. The summed E-state index contributed by atoms with van der Waals surface area (Å²) in [5, 5.41) is 0. The second kappa shape index (κ2) is 28.6. The summed E-state index contributed by atoms with van der Waals surface area (Å²) in [6.45, 7) is 9.13. The monoisotopic (exact) mass is 815 g/mol. The number of rotatable bonds is 19. The van der Waals surface area contributed by atoms with Crippen LogP contribution in [0.5, 0.6) is 0 Å². The third-order valence-corrected chi connectivity index (χ3v) is 13.7. The maximum Gasteiger partial charge on any atom is 0.0245 e. The van der Waals surface area contributed by atoms with Crippen molar-refractivity contribution in [1.29, 1.82) is 0 Å². The lowest BCUT2D eigenvalue weighted by Gasteiger charge is -2.25. The summed E-state index contributed by atoms with van der Waals surface area (Å²) >= 11 is 0. The van der Waals surface area contributed by atoms with Gasteiger partial charge in [-0.15, -0.1) is 0 Å². The molecule has 0 aromatic heterocycles. The second-order valence-electron chi connectivity index (χ2n) is 18.8. The van der Waals surface area contributed by atoms with Gasteiger partial charge in [0.05, 0.1) is 0 Å². The van der Waals surface area contributed by atoms with Gasteiger partial charge in [0.15, 0.2) is 0 Å². The molecule has 2 fully saturated rings. The largest absolute Gasteiger partial charge is 0.0945 e. The summed E-state index contributed by atoms with van der Waals surface area (Å²) in [5.74, 6) is 17.2. The van der Waals surface area contributed by atoms with Gasteiger partial charge in [-0.05, 0) is 147 Å². The third kappa shape index (κ3) is 18.1. The van der Waals surface area contributed by atoms with E-state index in [1.807, 2.05) is 0 Å². The van der Waals surface area contributed by atoms with E-state index in [2.05, 4.69) is 148 Å². The molecule has 0 heteroatoms. The molecule has 0 unspecified atom stereocenters. The lowest BCUT2D eigenvalue weighted by atomic mass is 9.80. The summed E-state index contributed by atoms with van der Waals surface area (Å²) < 4.78 is 0. The first-order valence-electron chi connectivity index (χ1n) is 25.5. The van der Waals surface area contributed by atoms with E-state index in [4.69, 9.17) is 0 Å². The highest BCUT2D eigenvalue weighted by molar-refractivity contribution is 5.65. The SMILES string of the molecule is CCCCCCc1ccc(-c2ccc(C#C[C@H]3CC[C@H](CCCC)CC3)cc2)cc1.CCCCCCc1ccc(-c2ccc(C#C[C@H]3CC[C@H](CCCCC)CC3)cc2)cc1. The van der Waals surface area contributed by atoms with Crippen LogP contribution in [0, 0.1) is 47.4 Å². The van der Waals surface area contributed by atoms with Crippen LogP contribution in [0.25, 0.3) is 22.3 Å². The molecule has 0 spiro atoms. The zero-order valence-electron chi connectivity index (χ0n) is 39.2. The molecule has 0 nitrogen and oxygen atoms in total. The van der Waals surface area contributed by atoms with Crippen molar-refractivity contribution >= 4 is 0 Å². The van der Waals surface area contributed by atoms with E-state index in [-0.39, 0.29) is 0 Å². The molecule has 0 radical (unpaired) electrons. The van der Waals surface area contributed by atoms with Crippen LogP contribution in [0.3, 0.4) is 0 Å². The Balaban J connectivity index is 0.000000231. The fourth-order valence-corrected chi connectivity index (χ4v) is 9.47. The lowest BCUT2D eigenvalue weighted by molar-refractivity contribution is 0.294. The Labute approximate surface area is 375 Å². The molecule has 0 bridgehead atoms. The van der Waals surface area contributed by atoms with Crippen molar-refractivity contribution in [3.63, 3.8) is 0 Å². The highest BCUT2D eigenvalue weighted by Crippen LogP contribution is 2.33. The lowest BCUT2D eigenvalue weighted by Crippen LogP contribution is -2.13. The van der Waals surface area contributed by atoms with Crippen LogP contribution in [-0.2, 0) is 12.8 Å². The Kier molecular flexibility index (Phi) is 22.5. The molecule has 6 rings (SSSR count). The van der Waals surface area contributed by atoms with Gasteiger partial charge in [0.25, 0.3) is 0 Å². The van der Waals surface area contributed by atoms with Crippen LogP contribution in [0.2, 0.25) is 0 Å². The van der Waals surface area contributed by atoms with E-state index in [1.165, 1.54) is 194 Å². The van der Waals surface area contributed by atoms with Crippen LogP contribution in [0.4, 0.5) is 0 Å². The number of benzene rings is 4. The normalized spacial score (nSPS) is 18.5. The molecule has 2 aliphatic rings. The van der Waals surface area contributed by atoms with Gasteiger partial charge in [0, 0.05) is 23.0 Å². The van der Waals surface area contributed by atoms with Crippen LogP contribution in [0.15, 0.2) is 97.1 Å². The van der Waals surface area contributed by atoms with E-state index < -0.39 is 0 Å². The van der Waals surface area contributed by atoms with E-state index in [0.717, 1.165) is 23.0 Å². The Hall–Kier alpha value is -4.00. The fourth-order valence-electron chi connectivity index (χ4n) is 9.47. The van der Waals surface area contributed by atoms with Crippen LogP contribution in [-0.4, -0.2) is 0 Å². The molecule has 2 saturated carbocycles. The summed E-state index contributed by atoms with van der Waals surface area (Å²) in [7, 11) is 0. The van der Waals surface area contributed by atoms with Crippen LogP contribution in [0.1, 0.15) is 198 Å². The molecule has 326 valence electrons. The molecule has 0 saturated heterocycles. The smallest absolute Gasteiger partial charge is 0.0245 e. The van der Waals surface area contributed by atoms with Crippen molar-refractivity contribution in [2.45, 2.75) is 188 Å². The quantitative estimate of drug-likeness (QED) is 0.0653. The molecule has 0 heterocycles. The molecule has 2 aliphatic carbocycles. The Morgan fingerprint density at radius 2 is 0.672 bits per heavy atom. The minimum atomic E-state index is 0.604. The van der Waals surface area contributed by atoms with Crippen LogP contribution < -0.4 is 0 Å². The first-order chi connectivity index (χ1) is 30.1. The van der Waals surface area contributed by atoms with Gasteiger partial charge in [-0.3, -0.25) is 0 Å². The summed E-state index contributed by atoms with van der Waals surface area (Å²) in [6.07, 6.45) is 33.5. The van der Waals surface area contributed by atoms with Crippen molar-refractivity contribution in [3.8, 4) is 45.9 Å². The highest BCUT2D eigenvalue weighted by atomic mass is 14.2. The van der Waals surface area contributed by atoms with Gasteiger partial charge in [-0.2, -0.15) is 0 Å². The Bertz CT molecular complexity index is 1850. The molecule has 0 aliphatic heterocycles. The van der Waals surface area contributed by atoms with Crippen LogP contribution >= 0.6 is 0 Å². The van der Waals surface area contributed by atoms with Gasteiger partial charge in [-0.1, -0.05) is 208 Å². The Morgan fingerprint density at radius 1 is 0.344 bits per heavy atom. The summed E-state index contributed by atoms with van der Waals surface area (Å²) in [4.78, 5) is 0. The predicted octanol–water partition coefficient (Wildman–Crippen LogP) is 18.0. The summed E-state index contributed by atoms with van der Waals surface area (Å²) in [5.41, 5.74) is 10.4. The third-order valence-electron chi connectivity index (χ3n) is 13.7. The topological polar surface area (TPSA) is 0 Å². The number of unbranched alkanes of at least 4 members (excludes halogenated alkanes) is 9. The molecule has 0 atom stereocenters. The average molecular weight is 815 g/mol. The maximum absolute atomic E-state index is 3.57. The molecule has 61 heavy (non-hydrogen) atoms. The molecule has 4 aromatic carbocycles. The minimum absolute atomic E-state index is 0.604. The van der Waals surface area contributed by atoms with Crippen molar-refractivity contribution < 1.29 is 0 Å². The predicted molar refractivity (Wildman–Crippen MR) is 268 cm³/mol. The summed E-state index contributed by atoms with van der Waals surface area (Å²) in [6, 6.07) is 35.9. The van der Waals surface area contributed by atoms with Gasteiger partial charge in [0.2, 0.25) is 0 Å². The van der Waals surface area contributed by atoms with E-state index in [1.54, 1.807) is 0 Å². The number of aryl methyl sites for hydroxylation is 2. The second-order valence-corrected chi connectivity index (χ2v) is 18.8. The zero-order valence-corrected chi connectivity index (χ0v) is 39.2. The molecule has 4 aromatic rings. The van der Waals surface area contributed by atoms with E-state index in [0.29, 0.717) is 11.8 Å². The van der Waals surface area contributed by atoms with Crippen molar-refractivity contribution in [1.82, 2.24) is 0 Å². The number of hydrogen-bond donors (Lipinski definition) is 0.